The molecule has 6 aromatic rings. The van der Waals surface area contributed by atoms with Crippen molar-refractivity contribution < 1.29 is 138 Å². The van der Waals surface area contributed by atoms with Crippen LogP contribution in [0.3, 0.4) is 0 Å². The largest absolute Gasteiger partial charge is 0.445 e. The van der Waals surface area contributed by atoms with Crippen LogP contribution < -0.4 is 63.8 Å². The molecular formula is C106H154N12O29. The van der Waals surface area contributed by atoms with Crippen LogP contribution in [-0.4, -0.2) is 294 Å². The lowest BCUT2D eigenvalue weighted by Crippen LogP contribution is -2.54. The zero-order valence-electron chi connectivity index (χ0n) is 84.7. The predicted molar refractivity (Wildman–Crippen MR) is 544 cm³/mol. The number of carbonyl (C=O) groups is 12. The van der Waals surface area contributed by atoms with Gasteiger partial charge in [-0.3, -0.25) is 28.8 Å². The van der Waals surface area contributed by atoms with Gasteiger partial charge in [0.2, 0.25) is 35.4 Å². The summed E-state index contributed by atoms with van der Waals surface area (Å²) in [6.45, 7) is 10.2. The van der Waals surface area contributed by atoms with Gasteiger partial charge < -0.3 is 144 Å². The highest BCUT2D eigenvalue weighted by atomic mass is 16.6. The summed E-state index contributed by atoms with van der Waals surface area (Å²) in [5.41, 5.74) is 4.85. The maximum absolute atomic E-state index is 14.1. The van der Waals surface area contributed by atoms with Gasteiger partial charge in [-0.05, 0) is 136 Å². The zero-order chi connectivity index (χ0) is 105. The molecule has 12 N–H and O–H groups in total. The lowest BCUT2D eigenvalue weighted by molar-refractivity contribution is -0.130. The number of ether oxygens (including phenoxy) is 17. The molecule has 0 aliphatic heterocycles. The van der Waals surface area contributed by atoms with E-state index in [9.17, 15) is 57.5 Å². The highest BCUT2D eigenvalue weighted by Gasteiger charge is 2.30. The van der Waals surface area contributed by atoms with Crippen molar-refractivity contribution in [3.8, 4) is 0 Å². The Morgan fingerprint density at radius 3 is 0.585 bits per heavy atom. The molecule has 0 spiro atoms. The minimum Gasteiger partial charge on any atom is -0.445 e. The molecule has 0 aliphatic rings. The second kappa shape index (κ2) is 84.4. The van der Waals surface area contributed by atoms with E-state index in [1.807, 2.05) is 158 Å². The van der Waals surface area contributed by atoms with Crippen LogP contribution in [0.5, 0.6) is 0 Å². The fourth-order valence-corrected chi connectivity index (χ4v) is 13.6. The SMILES string of the molecule is O=C(CCOCCOCCOCCOCCOCCC(=O)NCCCOCCOCCOCCCNC(=O)[C@H](CCCCNC(=O)OCc1ccccc1)NC(=O)[C@H](CCCCNC(=O)OCc1ccccc1)NC(=O)OCc1ccccc1)NCCCOCCOCCOCCCNC(=O)[C@H](CCCCNC(=O)OCc1ccccc1)NC(=O)[C@H](CCCCNC(=O)OCc1ccccc1)NC(=O)OCc1ccccc1. The molecule has 12 amide bonds. The van der Waals surface area contributed by atoms with Crippen LogP contribution in [0.25, 0.3) is 0 Å². The Kier molecular flexibility index (Phi) is 70.6. The van der Waals surface area contributed by atoms with Crippen LogP contribution in [-0.2, 0) is 149 Å². The molecule has 0 aliphatic carbocycles. The van der Waals surface area contributed by atoms with Crippen LogP contribution in [0.2, 0.25) is 0 Å². The first-order chi connectivity index (χ1) is 72.0. The molecular weight excluding hydrogens is 1910 g/mol. The summed E-state index contributed by atoms with van der Waals surface area (Å²) in [5, 5.41) is 33.4. The smallest absolute Gasteiger partial charge is 0.408 e. The summed E-state index contributed by atoms with van der Waals surface area (Å²) in [5.74, 6) is -2.37. The molecule has 0 unspecified atom stereocenters. The first-order valence-electron chi connectivity index (χ1n) is 50.8. The minimum atomic E-state index is -1.10. The van der Waals surface area contributed by atoms with Crippen LogP contribution >= 0.6 is 0 Å². The van der Waals surface area contributed by atoms with Crippen molar-refractivity contribution in [3.63, 3.8) is 0 Å². The quantitative estimate of drug-likeness (QED) is 0.0125. The summed E-state index contributed by atoms with van der Waals surface area (Å²) in [6.07, 6.45) is 2.76. The van der Waals surface area contributed by atoms with E-state index in [1.54, 1.807) is 24.3 Å². The van der Waals surface area contributed by atoms with Gasteiger partial charge in [0, 0.05) is 91.6 Å². The summed E-state index contributed by atoms with van der Waals surface area (Å²) in [4.78, 5) is 156. The molecule has 41 nitrogen and oxygen atoms in total. The van der Waals surface area contributed by atoms with Crippen LogP contribution in [0, 0.1) is 0 Å². The number of unbranched alkanes of at least 4 members (excludes halogenated alkanes) is 4. The Balaban J connectivity index is 0.693. The van der Waals surface area contributed by atoms with Crippen molar-refractivity contribution in [1.29, 1.82) is 0 Å². The Labute approximate surface area is 862 Å². The third-order valence-electron chi connectivity index (χ3n) is 21.5. The third-order valence-corrected chi connectivity index (χ3v) is 21.5. The Morgan fingerprint density at radius 1 is 0.177 bits per heavy atom. The molecule has 0 heterocycles. The highest BCUT2D eigenvalue weighted by Crippen LogP contribution is 2.14. The fraction of sp³-hybridized carbons (Fsp3) is 0.547. The Hall–Kier alpha value is -12.7. The van der Waals surface area contributed by atoms with E-state index in [-0.39, 0.29) is 142 Å². The molecule has 0 saturated carbocycles. The van der Waals surface area contributed by atoms with Gasteiger partial charge in [-0.2, -0.15) is 0 Å². The molecule has 0 fully saturated rings. The standard InChI is InChI=1S/C106H154N12O29/c119-95(107-53-27-57-131-63-69-137-71-65-133-59-29-55-109-97(121)91(43-19-23-49-111-101(125)142-79-85-31-7-1-8-32-85)115-99(123)93(117-105(129)146-83-89-39-15-5-16-40-89)45-21-25-51-113-103(127)144-81-87-35-11-3-12-36-87)47-61-135-67-73-139-75-77-141-78-76-140-74-68-136-62-48-96(120)108-54-28-58-132-64-70-138-72-66-134-60-30-56-110-98(122)92(44-20-24-50-112-102(126)143-80-86-33-9-2-10-34-86)116-100(124)94(118-106(130)147-84-90-41-17-6-18-42-90)46-22-26-52-114-104(128)145-82-88-37-13-4-14-38-88/h1-18,31-42,91-94H,19-30,43-84H2,(H,107,119)(H,108,120)(H,109,121)(H,110,122)(H,111,125)(H,112,126)(H,113,127)(H,114,128)(H,115,123)(H,116,124)(H,117,129)(H,118,130)/t91-,92-,93-,94-/m0/s1. The van der Waals surface area contributed by atoms with Crippen molar-refractivity contribution in [2.75, 3.05) is 198 Å². The number of nitrogens with one attached hydrogen (secondary N) is 12. The van der Waals surface area contributed by atoms with E-state index in [2.05, 4.69) is 63.8 Å². The van der Waals surface area contributed by atoms with Gasteiger partial charge in [0.15, 0.2) is 0 Å². The maximum atomic E-state index is 14.1. The van der Waals surface area contributed by atoms with Crippen LogP contribution in [0.4, 0.5) is 28.8 Å². The number of amides is 12. The van der Waals surface area contributed by atoms with Crippen molar-refractivity contribution >= 4 is 72.0 Å². The van der Waals surface area contributed by atoms with E-state index in [4.69, 9.17) is 80.5 Å². The molecule has 6 aromatic carbocycles. The van der Waals surface area contributed by atoms with Gasteiger partial charge in [0.25, 0.3) is 0 Å². The topological polar surface area (TPSA) is 506 Å². The lowest BCUT2D eigenvalue weighted by Gasteiger charge is -2.23. The van der Waals surface area contributed by atoms with Gasteiger partial charge in [0.1, 0.15) is 63.8 Å². The normalized spacial score (nSPS) is 11.8. The monoisotopic (exact) mass is 2060 g/mol. The molecule has 147 heavy (non-hydrogen) atoms. The molecule has 0 radical (unpaired) electrons. The van der Waals surface area contributed by atoms with E-state index in [1.165, 1.54) is 0 Å². The number of alkyl carbamates (subject to hydrolysis) is 6. The van der Waals surface area contributed by atoms with Gasteiger partial charge in [-0.15, -0.1) is 0 Å². The molecule has 0 bridgehead atoms. The average Bonchev–Trinajstić information content (AvgIpc) is 0.882. The van der Waals surface area contributed by atoms with Gasteiger partial charge in [-0.25, -0.2) is 28.8 Å². The van der Waals surface area contributed by atoms with Crippen molar-refractivity contribution in [2.45, 2.75) is 179 Å². The molecule has 4 atom stereocenters. The van der Waals surface area contributed by atoms with Crippen molar-refractivity contribution in [2.24, 2.45) is 0 Å². The fourth-order valence-electron chi connectivity index (χ4n) is 13.6. The average molecular weight is 2060 g/mol. The molecule has 812 valence electrons. The zero-order valence-corrected chi connectivity index (χ0v) is 84.7. The summed E-state index contributed by atoms with van der Waals surface area (Å²) < 4.78 is 93.9. The molecule has 0 aromatic heterocycles. The Morgan fingerprint density at radius 2 is 0.361 bits per heavy atom. The first-order valence-corrected chi connectivity index (χ1v) is 50.8. The van der Waals surface area contributed by atoms with Crippen molar-refractivity contribution in [3.05, 3.63) is 215 Å². The molecule has 0 saturated heterocycles. The van der Waals surface area contributed by atoms with Gasteiger partial charge >= 0.3 is 36.6 Å². The number of carbonyl (C=O) groups excluding carboxylic acids is 12. The third kappa shape index (κ3) is 66.9. The first kappa shape index (κ1) is 123. The summed E-state index contributed by atoms with van der Waals surface area (Å²) in [7, 11) is 0. The van der Waals surface area contributed by atoms with E-state index < -0.39 is 84.4 Å². The number of hydrogen-bond acceptors (Lipinski definition) is 29. The molecule has 6 rings (SSSR count). The second-order valence-corrected chi connectivity index (χ2v) is 33.5. The molecule has 41 heteroatoms. The van der Waals surface area contributed by atoms with Crippen LogP contribution in [0.15, 0.2) is 182 Å². The minimum absolute atomic E-state index is 0.0352. The predicted octanol–water partition coefficient (Wildman–Crippen LogP) is 9.92. The lowest BCUT2D eigenvalue weighted by atomic mass is 10.1. The summed E-state index contributed by atoms with van der Waals surface area (Å²) >= 11 is 0. The van der Waals surface area contributed by atoms with Crippen molar-refractivity contribution in [1.82, 2.24) is 63.8 Å². The van der Waals surface area contributed by atoms with E-state index in [0.29, 0.717) is 222 Å². The van der Waals surface area contributed by atoms with E-state index >= 15 is 0 Å². The Bertz CT molecular complexity index is 4210. The second-order valence-electron chi connectivity index (χ2n) is 33.5. The number of benzene rings is 6. The highest BCUT2D eigenvalue weighted by molar-refractivity contribution is 5.92. The van der Waals surface area contributed by atoms with E-state index in [0.717, 1.165) is 33.4 Å². The maximum Gasteiger partial charge on any atom is 0.408 e. The number of hydrogen-bond donors (Lipinski definition) is 12. The van der Waals surface area contributed by atoms with Gasteiger partial charge in [0.05, 0.1) is 119 Å². The summed E-state index contributed by atoms with van der Waals surface area (Å²) in [6, 6.07) is 51.0. The van der Waals surface area contributed by atoms with Crippen LogP contribution in [0.1, 0.15) is 149 Å². The number of rotatable bonds is 86. The van der Waals surface area contributed by atoms with Gasteiger partial charge in [-0.1, -0.05) is 182 Å².